The van der Waals surface area contributed by atoms with Gasteiger partial charge in [-0.2, -0.15) is 0 Å². The summed E-state index contributed by atoms with van der Waals surface area (Å²) in [6.45, 7) is 5.42. The number of benzene rings is 1. The maximum absolute atomic E-state index is 12.5. The highest BCUT2D eigenvalue weighted by Crippen LogP contribution is 2.21. The Kier molecular flexibility index (Phi) is 3.87. The molecular weight excluding hydrogens is 228 g/mol. The van der Waals surface area contributed by atoms with E-state index in [0.29, 0.717) is 11.3 Å². The van der Waals surface area contributed by atoms with Crippen LogP contribution in [0.1, 0.15) is 15.9 Å². The van der Waals surface area contributed by atoms with Crippen LogP contribution in [0.15, 0.2) is 18.2 Å². The summed E-state index contributed by atoms with van der Waals surface area (Å²) >= 11 is 0. The summed E-state index contributed by atoms with van der Waals surface area (Å²) in [5.74, 6) is 0.730. The van der Waals surface area contributed by atoms with E-state index in [4.69, 9.17) is 4.74 Å². The minimum atomic E-state index is 0.0728. The van der Waals surface area contributed by atoms with Crippen molar-refractivity contribution < 1.29 is 9.53 Å². The monoisotopic (exact) mass is 248 g/mol. The average Bonchev–Trinajstić information content (AvgIpc) is 2.39. The third-order valence-corrected chi connectivity index (χ3v) is 3.38. The van der Waals surface area contributed by atoms with Crippen molar-refractivity contribution >= 4 is 5.91 Å². The largest absolute Gasteiger partial charge is 0.496 e. The SMILES string of the molecule is COc1ccc(C)cc1C(=O)N1CCN(C)CC1. The van der Waals surface area contributed by atoms with Gasteiger partial charge >= 0.3 is 0 Å². The number of hydrogen-bond acceptors (Lipinski definition) is 3. The maximum atomic E-state index is 12.5. The highest BCUT2D eigenvalue weighted by molar-refractivity contribution is 5.97. The second kappa shape index (κ2) is 5.40. The number of rotatable bonds is 2. The van der Waals surface area contributed by atoms with Crippen LogP contribution >= 0.6 is 0 Å². The van der Waals surface area contributed by atoms with Gasteiger partial charge in [-0.1, -0.05) is 11.6 Å². The van der Waals surface area contributed by atoms with E-state index < -0.39 is 0 Å². The van der Waals surface area contributed by atoms with E-state index >= 15 is 0 Å². The minimum Gasteiger partial charge on any atom is -0.496 e. The number of aryl methyl sites for hydroxylation is 1. The standard InChI is InChI=1S/C14H20N2O2/c1-11-4-5-13(18-3)12(10-11)14(17)16-8-6-15(2)7-9-16/h4-5,10H,6-9H2,1-3H3. The lowest BCUT2D eigenvalue weighted by molar-refractivity contribution is 0.0660. The second-order valence-corrected chi connectivity index (χ2v) is 4.80. The van der Waals surface area contributed by atoms with E-state index in [1.165, 1.54) is 0 Å². The summed E-state index contributed by atoms with van der Waals surface area (Å²) in [6.07, 6.45) is 0. The van der Waals surface area contributed by atoms with Gasteiger partial charge in [0.2, 0.25) is 0 Å². The molecule has 1 heterocycles. The number of carbonyl (C=O) groups excluding carboxylic acids is 1. The zero-order valence-electron chi connectivity index (χ0n) is 11.3. The van der Waals surface area contributed by atoms with E-state index in [0.717, 1.165) is 31.7 Å². The number of carbonyl (C=O) groups is 1. The van der Waals surface area contributed by atoms with Crippen LogP contribution < -0.4 is 4.74 Å². The molecular formula is C14H20N2O2. The van der Waals surface area contributed by atoms with Crippen molar-refractivity contribution in [2.45, 2.75) is 6.92 Å². The molecule has 0 spiro atoms. The lowest BCUT2D eigenvalue weighted by atomic mass is 10.1. The van der Waals surface area contributed by atoms with Crippen LogP contribution in [0.2, 0.25) is 0 Å². The lowest BCUT2D eigenvalue weighted by Crippen LogP contribution is -2.47. The van der Waals surface area contributed by atoms with Gasteiger partial charge in [-0.15, -0.1) is 0 Å². The third-order valence-electron chi connectivity index (χ3n) is 3.38. The molecule has 1 fully saturated rings. The van der Waals surface area contributed by atoms with Crippen molar-refractivity contribution in [3.8, 4) is 5.75 Å². The number of piperazine rings is 1. The molecule has 1 aromatic carbocycles. The molecule has 0 saturated carbocycles. The van der Waals surface area contributed by atoms with E-state index in [-0.39, 0.29) is 5.91 Å². The van der Waals surface area contributed by atoms with E-state index in [1.807, 2.05) is 30.0 Å². The Morgan fingerprint density at radius 2 is 1.89 bits per heavy atom. The number of methoxy groups -OCH3 is 1. The van der Waals surface area contributed by atoms with Crippen molar-refractivity contribution in [2.75, 3.05) is 40.3 Å². The predicted molar refractivity (Wildman–Crippen MR) is 71.1 cm³/mol. The van der Waals surface area contributed by atoms with Crippen molar-refractivity contribution in [3.05, 3.63) is 29.3 Å². The van der Waals surface area contributed by atoms with Gasteiger partial charge in [0.15, 0.2) is 0 Å². The van der Waals surface area contributed by atoms with Crippen LogP contribution in [0, 0.1) is 6.92 Å². The lowest BCUT2D eigenvalue weighted by Gasteiger charge is -2.32. The zero-order chi connectivity index (χ0) is 13.1. The van der Waals surface area contributed by atoms with Gasteiger partial charge in [0.05, 0.1) is 12.7 Å². The average molecular weight is 248 g/mol. The molecule has 18 heavy (non-hydrogen) atoms. The fraction of sp³-hybridized carbons (Fsp3) is 0.500. The first-order valence-corrected chi connectivity index (χ1v) is 6.24. The molecule has 1 aliphatic heterocycles. The zero-order valence-corrected chi connectivity index (χ0v) is 11.3. The van der Waals surface area contributed by atoms with Crippen LogP contribution in [-0.4, -0.2) is 56.0 Å². The molecule has 0 N–H and O–H groups in total. The van der Waals surface area contributed by atoms with Gasteiger partial charge in [0, 0.05) is 26.2 Å². The van der Waals surface area contributed by atoms with E-state index in [9.17, 15) is 4.79 Å². The molecule has 0 atom stereocenters. The topological polar surface area (TPSA) is 32.8 Å². The maximum Gasteiger partial charge on any atom is 0.257 e. The van der Waals surface area contributed by atoms with E-state index in [1.54, 1.807) is 7.11 Å². The number of amides is 1. The molecule has 4 nitrogen and oxygen atoms in total. The Bertz CT molecular complexity index is 437. The summed E-state index contributed by atoms with van der Waals surface area (Å²) in [4.78, 5) is 16.6. The molecule has 0 aliphatic carbocycles. The van der Waals surface area contributed by atoms with Gasteiger partial charge in [-0.05, 0) is 26.1 Å². The fourth-order valence-electron chi connectivity index (χ4n) is 2.17. The van der Waals surface area contributed by atoms with Gasteiger partial charge in [-0.25, -0.2) is 0 Å². The molecule has 1 aromatic rings. The van der Waals surface area contributed by atoms with Gasteiger partial charge in [-0.3, -0.25) is 4.79 Å². The van der Waals surface area contributed by atoms with Crippen molar-refractivity contribution in [1.29, 1.82) is 0 Å². The Morgan fingerprint density at radius 1 is 1.22 bits per heavy atom. The number of hydrogen-bond donors (Lipinski definition) is 0. The molecule has 4 heteroatoms. The Hall–Kier alpha value is -1.55. The predicted octanol–water partition coefficient (Wildman–Crippen LogP) is 1.39. The summed E-state index contributed by atoms with van der Waals surface area (Å²) < 4.78 is 5.28. The number of ether oxygens (including phenoxy) is 1. The quantitative estimate of drug-likeness (QED) is 0.793. The highest BCUT2D eigenvalue weighted by atomic mass is 16.5. The van der Waals surface area contributed by atoms with Crippen molar-refractivity contribution in [1.82, 2.24) is 9.80 Å². The third kappa shape index (κ3) is 2.64. The first-order chi connectivity index (χ1) is 8.61. The molecule has 1 saturated heterocycles. The second-order valence-electron chi connectivity index (χ2n) is 4.80. The van der Waals surface area contributed by atoms with Crippen LogP contribution in [0.4, 0.5) is 0 Å². The molecule has 1 amide bonds. The van der Waals surface area contributed by atoms with Gasteiger partial charge in [0.25, 0.3) is 5.91 Å². The van der Waals surface area contributed by atoms with Crippen LogP contribution in [0.25, 0.3) is 0 Å². The smallest absolute Gasteiger partial charge is 0.257 e. The molecule has 2 rings (SSSR count). The van der Waals surface area contributed by atoms with Crippen molar-refractivity contribution in [2.24, 2.45) is 0 Å². The fourth-order valence-corrected chi connectivity index (χ4v) is 2.17. The molecule has 0 unspecified atom stereocenters. The van der Waals surface area contributed by atoms with Crippen LogP contribution in [0.3, 0.4) is 0 Å². The minimum absolute atomic E-state index is 0.0728. The molecule has 0 radical (unpaired) electrons. The molecule has 0 aromatic heterocycles. The molecule has 1 aliphatic rings. The summed E-state index contributed by atoms with van der Waals surface area (Å²) in [5, 5.41) is 0. The summed E-state index contributed by atoms with van der Waals surface area (Å²) in [5.41, 5.74) is 1.75. The van der Waals surface area contributed by atoms with E-state index in [2.05, 4.69) is 11.9 Å². The Morgan fingerprint density at radius 3 is 2.50 bits per heavy atom. The first kappa shape index (κ1) is 12.9. The Balaban J connectivity index is 2.20. The molecule has 98 valence electrons. The Labute approximate surface area is 108 Å². The normalized spacial score (nSPS) is 16.7. The first-order valence-electron chi connectivity index (χ1n) is 6.24. The van der Waals surface area contributed by atoms with Gasteiger partial charge < -0.3 is 14.5 Å². The van der Waals surface area contributed by atoms with Gasteiger partial charge in [0.1, 0.15) is 5.75 Å². The summed E-state index contributed by atoms with van der Waals surface area (Å²) in [6, 6.07) is 5.72. The molecule has 0 bridgehead atoms. The number of nitrogens with zero attached hydrogens (tertiary/aromatic N) is 2. The summed E-state index contributed by atoms with van der Waals surface area (Å²) in [7, 11) is 3.68. The highest BCUT2D eigenvalue weighted by Gasteiger charge is 2.22. The number of likely N-dealkylation sites (N-methyl/N-ethyl adjacent to an activating group) is 1. The van der Waals surface area contributed by atoms with Crippen LogP contribution in [0.5, 0.6) is 5.75 Å². The van der Waals surface area contributed by atoms with Crippen LogP contribution in [-0.2, 0) is 0 Å². The van der Waals surface area contributed by atoms with Crippen molar-refractivity contribution in [3.63, 3.8) is 0 Å².